The van der Waals surface area contributed by atoms with Crippen LogP contribution in [0.15, 0.2) is 59.1 Å². The average molecular weight is 716 g/mol. The van der Waals surface area contributed by atoms with Gasteiger partial charge in [-0.25, -0.2) is 26.4 Å². The Morgan fingerprint density at radius 2 is 1.76 bits per heavy atom. The van der Waals surface area contributed by atoms with Gasteiger partial charge < -0.3 is 24.1 Å². The number of rotatable bonds is 8. The maximum atomic E-state index is 16.0. The standard InChI is InChI=1S/C34H36F3N5O7S/c1-32(2,3)49-31(44)39-26-16-34(36,37)23-15-24(35)22(28-40-41-30(48-28)33(4,5)50(7,45)46)14-27(23)42(29(26)43)18-19-8-10-20(11-9-19)25-13-12-21(47-6)17-38-25/h8-15,17,26H,16,18H2,1-7H3,(H,39,44)/t26-/m0/s1. The second-order valence-electron chi connectivity index (χ2n) is 13.4. The highest BCUT2D eigenvalue weighted by Gasteiger charge is 2.47. The van der Waals surface area contributed by atoms with Crippen molar-refractivity contribution in [3.05, 3.63) is 77.6 Å². The number of alkyl carbamates (subject to hydrolysis) is 1. The molecule has 0 saturated heterocycles. The van der Waals surface area contributed by atoms with Gasteiger partial charge in [0.05, 0.1) is 36.8 Å². The first kappa shape index (κ1) is 36.3. The molecule has 0 bridgehead atoms. The molecule has 50 heavy (non-hydrogen) atoms. The van der Waals surface area contributed by atoms with Crippen molar-refractivity contribution in [1.29, 1.82) is 0 Å². The number of hydrogen-bond donors (Lipinski definition) is 1. The quantitative estimate of drug-likeness (QED) is 0.225. The van der Waals surface area contributed by atoms with Crippen LogP contribution in [0, 0.1) is 5.82 Å². The number of alkyl halides is 2. The summed E-state index contributed by atoms with van der Waals surface area (Å²) in [6.07, 6.45) is 0.238. The van der Waals surface area contributed by atoms with Crippen molar-refractivity contribution in [1.82, 2.24) is 20.5 Å². The summed E-state index contributed by atoms with van der Waals surface area (Å²) >= 11 is 0. The number of pyridine rings is 1. The van der Waals surface area contributed by atoms with Gasteiger partial charge in [0.15, 0.2) is 9.84 Å². The zero-order valence-electron chi connectivity index (χ0n) is 28.4. The highest BCUT2D eigenvalue weighted by atomic mass is 32.2. The number of ether oxygens (including phenoxy) is 2. The summed E-state index contributed by atoms with van der Waals surface area (Å²) in [4.78, 5) is 32.2. The van der Waals surface area contributed by atoms with E-state index >= 15 is 13.2 Å². The third kappa shape index (κ3) is 7.44. The minimum atomic E-state index is -3.82. The van der Waals surface area contributed by atoms with Crippen LogP contribution in [0.4, 0.5) is 23.7 Å². The molecule has 2 aromatic heterocycles. The van der Waals surface area contributed by atoms with Crippen molar-refractivity contribution >= 4 is 27.5 Å². The number of fused-ring (bicyclic) bond motifs is 1. The molecular weight excluding hydrogens is 679 g/mol. The van der Waals surface area contributed by atoms with E-state index in [2.05, 4.69) is 20.5 Å². The number of nitrogens with one attached hydrogen (secondary N) is 1. The monoisotopic (exact) mass is 715 g/mol. The van der Waals surface area contributed by atoms with Gasteiger partial charge in [-0.2, -0.15) is 0 Å². The van der Waals surface area contributed by atoms with Crippen molar-refractivity contribution in [2.75, 3.05) is 18.3 Å². The van der Waals surface area contributed by atoms with Gasteiger partial charge in [-0.15, -0.1) is 10.2 Å². The van der Waals surface area contributed by atoms with E-state index in [0.717, 1.165) is 22.8 Å². The Morgan fingerprint density at radius 3 is 2.34 bits per heavy atom. The van der Waals surface area contributed by atoms with Crippen LogP contribution in [0.5, 0.6) is 5.75 Å². The smallest absolute Gasteiger partial charge is 0.408 e. The first-order chi connectivity index (χ1) is 23.2. The summed E-state index contributed by atoms with van der Waals surface area (Å²) in [6.45, 7) is 7.10. The summed E-state index contributed by atoms with van der Waals surface area (Å²) in [7, 11) is -2.25. The largest absolute Gasteiger partial charge is 0.495 e. The molecule has 1 aliphatic rings. The lowest BCUT2D eigenvalue weighted by Crippen LogP contribution is -2.49. The molecule has 0 radical (unpaired) electrons. The van der Waals surface area contributed by atoms with Gasteiger partial charge >= 0.3 is 6.09 Å². The fraction of sp³-hybridized carbons (Fsp3) is 0.382. The van der Waals surface area contributed by atoms with Gasteiger partial charge in [-0.1, -0.05) is 24.3 Å². The number of carbonyl (C=O) groups is 2. The number of benzene rings is 2. The lowest BCUT2D eigenvalue weighted by Gasteiger charge is -2.27. The second-order valence-corrected chi connectivity index (χ2v) is 15.9. The summed E-state index contributed by atoms with van der Waals surface area (Å²) in [5.74, 6) is -6.19. The summed E-state index contributed by atoms with van der Waals surface area (Å²) < 4.78 is 86.7. The molecule has 1 N–H and O–H groups in total. The number of hydrogen-bond acceptors (Lipinski definition) is 10. The number of carbonyl (C=O) groups excluding carboxylic acids is 2. The third-order valence-corrected chi connectivity index (χ3v) is 10.2. The van der Waals surface area contributed by atoms with E-state index in [9.17, 15) is 18.0 Å². The predicted molar refractivity (Wildman–Crippen MR) is 177 cm³/mol. The fourth-order valence-electron chi connectivity index (χ4n) is 5.10. The number of sulfone groups is 1. The van der Waals surface area contributed by atoms with Gasteiger partial charge in [0.2, 0.25) is 11.8 Å². The molecule has 2 amide bonds. The number of halogens is 3. The zero-order valence-corrected chi connectivity index (χ0v) is 29.2. The molecular formula is C34H36F3N5O7S. The van der Waals surface area contributed by atoms with E-state index in [0.29, 0.717) is 23.1 Å². The van der Waals surface area contributed by atoms with Crippen molar-refractivity contribution in [2.45, 2.75) is 69.9 Å². The predicted octanol–water partition coefficient (Wildman–Crippen LogP) is 6.15. The molecule has 0 unspecified atom stereocenters. The number of amides is 2. The number of aromatic nitrogens is 3. The van der Waals surface area contributed by atoms with Crippen LogP contribution in [0.3, 0.4) is 0 Å². The van der Waals surface area contributed by atoms with Gasteiger partial charge in [0, 0.05) is 23.8 Å². The van der Waals surface area contributed by atoms with Crippen molar-refractivity contribution in [3.63, 3.8) is 0 Å². The molecule has 1 aliphatic heterocycles. The first-order valence-corrected chi connectivity index (χ1v) is 17.3. The zero-order chi connectivity index (χ0) is 36.8. The average Bonchev–Trinajstić information content (AvgIpc) is 3.51. The van der Waals surface area contributed by atoms with Crippen LogP contribution in [0.1, 0.15) is 58.1 Å². The molecule has 0 fully saturated rings. The van der Waals surface area contributed by atoms with Crippen LogP contribution in [-0.2, 0) is 36.6 Å². The van der Waals surface area contributed by atoms with Gasteiger partial charge in [-0.3, -0.25) is 9.78 Å². The highest BCUT2D eigenvalue weighted by Crippen LogP contribution is 2.45. The van der Waals surface area contributed by atoms with Crippen molar-refractivity contribution < 1.29 is 45.1 Å². The third-order valence-electron chi connectivity index (χ3n) is 8.15. The normalized spacial score (nSPS) is 16.4. The van der Waals surface area contributed by atoms with E-state index < -0.39 is 73.4 Å². The summed E-state index contributed by atoms with van der Waals surface area (Å²) in [5.41, 5.74) is -0.778. The minimum absolute atomic E-state index is 0.272. The lowest BCUT2D eigenvalue weighted by molar-refractivity contribution is -0.123. The van der Waals surface area contributed by atoms with Gasteiger partial charge in [-0.05, 0) is 64.4 Å². The minimum Gasteiger partial charge on any atom is -0.495 e. The highest BCUT2D eigenvalue weighted by molar-refractivity contribution is 7.91. The molecule has 266 valence electrons. The Balaban J connectivity index is 1.59. The molecule has 0 saturated carbocycles. The molecule has 12 nitrogen and oxygen atoms in total. The first-order valence-electron chi connectivity index (χ1n) is 15.4. The Kier molecular flexibility index (Phi) is 9.47. The molecule has 5 rings (SSSR count). The Labute approximate surface area is 286 Å². The van der Waals surface area contributed by atoms with Crippen molar-refractivity contribution in [2.24, 2.45) is 0 Å². The molecule has 3 heterocycles. The van der Waals surface area contributed by atoms with Crippen LogP contribution < -0.4 is 15.0 Å². The lowest BCUT2D eigenvalue weighted by atomic mass is 9.99. The maximum absolute atomic E-state index is 16.0. The second kappa shape index (κ2) is 13.0. The summed E-state index contributed by atoms with van der Waals surface area (Å²) in [5, 5.41) is 9.85. The Morgan fingerprint density at radius 1 is 1.08 bits per heavy atom. The van der Waals surface area contributed by atoms with E-state index in [1.54, 1.807) is 63.4 Å². The molecule has 0 aliphatic carbocycles. The molecule has 4 aromatic rings. The Hall–Kier alpha value is -4.99. The maximum Gasteiger partial charge on any atom is 0.408 e. The van der Waals surface area contributed by atoms with Crippen LogP contribution in [0.2, 0.25) is 0 Å². The van der Waals surface area contributed by atoms with E-state index in [1.807, 2.05) is 0 Å². The SMILES string of the molecule is COc1ccc(-c2ccc(CN3C(=O)[C@@H](NC(=O)OC(C)(C)C)CC(F)(F)c4cc(F)c(-c5nnc(C(C)(C)S(C)(=O)=O)o5)cc43)cc2)nc1. The number of methoxy groups -OCH3 is 1. The van der Waals surface area contributed by atoms with Gasteiger partial charge in [0.25, 0.3) is 11.8 Å². The number of anilines is 1. The van der Waals surface area contributed by atoms with Crippen LogP contribution in [0.25, 0.3) is 22.7 Å². The number of nitrogens with zero attached hydrogens (tertiary/aromatic N) is 4. The molecule has 2 aromatic carbocycles. The topological polar surface area (TPSA) is 154 Å². The Bertz CT molecular complexity index is 2030. The van der Waals surface area contributed by atoms with E-state index in [-0.39, 0.29) is 18.1 Å². The molecule has 0 spiro atoms. The van der Waals surface area contributed by atoms with E-state index in [1.165, 1.54) is 21.0 Å². The summed E-state index contributed by atoms with van der Waals surface area (Å²) in [6, 6.07) is 10.1. The van der Waals surface area contributed by atoms with Crippen molar-refractivity contribution in [3.8, 4) is 28.5 Å². The van der Waals surface area contributed by atoms with Crippen LogP contribution in [-0.4, -0.2) is 60.6 Å². The van der Waals surface area contributed by atoms with Crippen LogP contribution >= 0.6 is 0 Å². The van der Waals surface area contributed by atoms with Gasteiger partial charge in [0.1, 0.15) is 28.0 Å². The molecule has 1 atom stereocenters. The fourth-order valence-corrected chi connectivity index (χ4v) is 5.50. The molecule has 16 heteroatoms. The van der Waals surface area contributed by atoms with E-state index in [4.69, 9.17) is 13.9 Å².